The zero-order valence-corrected chi connectivity index (χ0v) is 20.9. The van der Waals surface area contributed by atoms with E-state index in [0.717, 1.165) is 16.8 Å². The number of hydrogen-bond acceptors (Lipinski definition) is 3. The number of nitriles is 1. The molecule has 3 aromatic carbocycles. The van der Waals surface area contributed by atoms with Crippen molar-refractivity contribution in [2.24, 2.45) is 0 Å². The molecule has 35 heavy (non-hydrogen) atoms. The summed E-state index contributed by atoms with van der Waals surface area (Å²) in [4.78, 5) is 11.9. The van der Waals surface area contributed by atoms with E-state index in [2.05, 4.69) is 51.2 Å². The molecule has 0 saturated carbocycles. The first kappa shape index (κ1) is 25.2. The predicted octanol–water partition coefficient (Wildman–Crippen LogP) is 7.18. The van der Waals surface area contributed by atoms with Crippen molar-refractivity contribution in [1.82, 2.24) is 9.97 Å². The Morgan fingerprint density at radius 1 is 0.771 bits per heavy atom. The molecule has 0 aliphatic rings. The summed E-state index contributed by atoms with van der Waals surface area (Å²) in [5.41, 5.74) is 6.41. The minimum Gasteiger partial charge on any atom is -0.305 e. The molecule has 0 bridgehead atoms. The van der Waals surface area contributed by atoms with Crippen molar-refractivity contribution in [3.05, 3.63) is 139 Å². The molecule has 0 N–H and O–H groups in total. The maximum atomic E-state index is 8.97. The van der Waals surface area contributed by atoms with Gasteiger partial charge in [-0.2, -0.15) is 0 Å². The summed E-state index contributed by atoms with van der Waals surface area (Å²) in [7, 11) is 0. The SMILES string of the molecule is [C-]#[N+]c1[c-]c(-c2ccccn2)c(C#N)cc1.[Ir].[c-]1ccccc1-c1ccc(-c2ccccc2)cn1. The second-order valence-electron chi connectivity index (χ2n) is 7.15. The number of nitrogens with zero attached hydrogens (tertiary/aromatic N) is 4. The third kappa shape index (κ3) is 6.56. The minimum atomic E-state index is 0. The van der Waals surface area contributed by atoms with Crippen molar-refractivity contribution in [3.63, 3.8) is 0 Å². The van der Waals surface area contributed by atoms with E-state index in [0.29, 0.717) is 22.5 Å². The summed E-state index contributed by atoms with van der Waals surface area (Å²) in [5, 5.41) is 8.97. The summed E-state index contributed by atoms with van der Waals surface area (Å²) in [6, 6.07) is 39.1. The third-order valence-electron chi connectivity index (χ3n) is 4.95. The van der Waals surface area contributed by atoms with Gasteiger partial charge in [-0.05, 0) is 34.1 Å². The number of rotatable bonds is 3. The van der Waals surface area contributed by atoms with E-state index in [1.807, 2.05) is 60.8 Å². The van der Waals surface area contributed by atoms with Crippen molar-refractivity contribution in [2.45, 2.75) is 0 Å². The van der Waals surface area contributed by atoms with E-state index in [1.54, 1.807) is 30.5 Å². The fourth-order valence-electron chi connectivity index (χ4n) is 3.26. The van der Waals surface area contributed by atoms with Gasteiger partial charge >= 0.3 is 0 Å². The van der Waals surface area contributed by atoms with Crippen molar-refractivity contribution in [1.29, 1.82) is 5.26 Å². The van der Waals surface area contributed by atoms with E-state index < -0.39 is 0 Å². The van der Waals surface area contributed by atoms with Crippen LogP contribution in [0.15, 0.2) is 109 Å². The zero-order valence-electron chi connectivity index (χ0n) is 18.5. The molecule has 0 aliphatic heterocycles. The summed E-state index contributed by atoms with van der Waals surface area (Å²) in [6.07, 6.45) is 3.56. The van der Waals surface area contributed by atoms with Crippen molar-refractivity contribution in [3.8, 4) is 39.7 Å². The van der Waals surface area contributed by atoms with Crippen LogP contribution in [0.2, 0.25) is 0 Å². The molecule has 5 rings (SSSR count). The van der Waals surface area contributed by atoms with Crippen molar-refractivity contribution < 1.29 is 20.1 Å². The molecule has 2 aromatic heterocycles. The Labute approximate surface area is 218 Å². The van der Waals surface area contributed by atoms with Crippen LogP contribution in [0.3, 0.4) is 0 Å². The first-order chi connectivity index (χ1) is 16.8. The first-order valence-electron chi connectivity index (χ1n) is 10.5. The molecule has 169 valence electrons. The Hall–Kier alpha value is -4.41. The molecule has 2 heterocycles. The van der Waals surface area contributed by atoms with Gasteiger partial charge in [-0.3, -0.25) is 4.85 Å². The van der Waals surface area contributed by atoms with Gasteiger partial charge < -0.3 is 9.97 Å². The third-order valence-corrected chi connectivity index (χ3v) is 4.95. The van der Waals surface area contributed by atoms with E-state index in [1.165, 1.54) is 5.56 Å². The van der Waals surface area contributed by atoms with Crippen LogP contribution in [0.4, 0.5) is 5.69 Å². The predicted molar refractivity (Wildman–Crippen MR) is 133 cm³/mol. The van der Waals surface area contributed by atoms with Crippen LogP contribution in [0.5, 0.6) is 0 Å². The molecule has 0 aliphatic carbocycles. The molecule has 4 nitrogen and oxygen atoms in total. The smallest absolute Gasteiger partial charge is 0.106 e. The standard InChI is InChI=1S/C17H12N.C13H6N3.Ir/c1-3-7-14(8-4-1)16-11-12-17(18-13-16)15-9-5-2-6-10-15;1-15-11-6-5-10(9-14)12(8-11)13-4-2-3-7-16-13;/h1-9,11-13H;2-7H;/q2*-1;. The fourth-order valence-corrected chi connectivity index (χ4v) is 3.26. The van der Waals surface area contributed by atoms with Crippen LogP contribution < -0.4 is 0 Å². The molecular formula is C30H18IrN4-2. The van der Waals surface area contributed by atoms with Gasteiger partial charge in [-0.1, -0.05) is 54.6 Å². The number of aromatic nitrogens is 2. The Morgan fingerprint density at radius 3 is 2.20 bits per heavy atom. The monoisotopic (exact) mass is 627 g/mol. The summed E-state index contributed by atoms with van der Waals surface area (Å²) >= 11 is 0. The zero-order chi connectivity index (χ0) is 23.6. The maximum Gasteiger partial charge on any atom is 0.106 e. The largest absolute Gasteiger partial charge is 0.305 e. The Balaban J connectivity index is 0.000000192. The van der Waals surface area contributed by atoms with Crippen LogP contribution in [-0.4, -0.2) is 9.97 Å². The van der Waals surface area contributed by atoms with Crippen molar-refractivity contribution in [2.75, 3.05) is 0 Å². The molecule has 0 amide bonds. The molecule has 0 spiro atoms. The minimum absolute atomic E-state index is 0. The number of benzene rings is 3. The van der Waals surface area contributed by atoms with Gasteiger partial charge in [-0.25, -0.2) is 5.26 Å². The van der Waals surface area contributed by atoms with Gasteiger partial charge in [0.1, 0.15) is 5.69 Å². The van der Waals surface area contributed by atoms with Crippen LogP contribution in [0.1, 0.15) is 5.56 Å². The summed E-state index contributed by atoms with van der Waals surface area (Å²) in [5.74, 6) is 0. The van der Waals surface area contributed by atoms with Gasteiger partial charge in [0.05, 0.1) is 6.57 Å². The molecule has 1 radical (unpaired) electrons. The molecular weight excluding hydrogens is 609 g/mol. The molecule has 0 unspecified atom stereocenters. The Kier molecular flexibility index (Phi) is 9.17. The topological polar surface area (TPSA) is 53.9 Å². The van der Waals surface area contributed by atoms with E-state index in [4.69, 9.17) is 11.8 Å². The fraction of sp³-hybridized carbons (Fsp3) is 0. The van der Waals surface area contributed by atoms with E-state index >= 15 is 0 Å². The Morgan fingerprint density at radius 2 is 1.57 bits per heavy atom. The normalized spacial score (nSPS) is 9.43. The van der Waals surface area contributed by atoms with E-state index in [-0.39, 0.29) is 20.1 Å². The van der Waals surface area contributed by atoms with Crippen LogP contribution in [-0.2, 0) is 20.1 Å². The maximum absolute atomic E-state index is 8.97. The average molecular weight is 627 g/mol. The van der Waals surface area contributed by atoms with Crippen molar-refractivity contribution >= 4 is 5.69 Å². The summed E-state index contributed by atoms with van der Waals surface area (Å²) in [6.45, 7) is 6.92. The van der Waals surface area contributed by atoms with Gasteiger partial charge in [0.25, 0.3) is 0 Å². The molecule has 0 atom stereocenters. The van der Waals surface area contributed by atoms with E-state index in [9.17, 15) is 0 Å². The second-order valence-corrected chi connectivity index (χ2v) is 7.15. The number of pyridine rings is 2. The number of hydrogen-bond donors (Lipinski definition) is 0. The van der Waals surface area contributed by atoms with Gasteiger partial charge in [0, 0.05) is 38.6 Å². The van der Waals surface area contributed by atoms with Gasteiger partial charge in [-0.15, -0.1) is 59.7 Å². The second kappa shape index (κ2) is 12.7. The van der Waals surface area contributed by atoms with Gasteiger partial charge in [0.2, 0.25) is 0 Å². The summed E-state index contributed by atoms with van der Waals surface area (Å²) < 4.78 is 0. The first-order valence-corrected chi connectivity index (χ1v) is 10.5. The molecule has 5 aromatic rings. The molecule has 5 heteroatoms. The van der Waals surface area contributed by atoms with Gasteiger partial charge in [0.15, 0.2) is 0 Å². The average Bonchev–Trinajstić information content (AvgIpc) is 2.94. The van der Waals surface area contributed by atoms with Crippen LogP contribution in [0, 0.1) is 30.0 Å². The molecule has 0 fully saturated rings. The van der Waals surface area contributed by atoms with Crippen LogP contribution in [0.25, 0.3) is 38.5 Å². The quantitative estimate of drug-likeness (QED) is 0.199. The molecule has 0 saturated heterocycles. The Bertz CT molecular complexity index is 1380. The van der Waals surface area contributed by atoms with Crippen LogP contribution >= 0.6 is 0 Å².